The minimum Gasteiger partial charge on any atom is -0.479 e. The van der Waals surface area contributed by atoms with Crippen LogP contribution in [-0.4, -0.2) is 62.0 Å². The first-order chi connectivity index (χ1) is 7.61. The molecule has 0 saturated heterocycles. The van der Waals surface area contributed by atoms with E-state index in [-0.39, 0.29) is 12.5 Å². The summed E-state index contributed by atoms with van der Waals surface area (Å²) in [7, 11) is 2.88. The monoisotopic (exact) mass is 251 g/mol. The molecule has 0 aliphatic heterocycles. The number of carbonyl (C=O) groups excluding carboxylic acids is 1. The van der Waals surface area contributed by atoms with Crippen molar-refractivity contribution in [3.63, 3.8) is 0 Å². The molecule has 0 heterocycles. The van der Waals surface area contributed by atoms with Crippen molar-refractivity contribution in [1.82, 2.24) is 5.32 Å². The molecule has 2 N–H and O–H groups in total. The molecule has 0 spiro atoms. The lowest BCUT2D eigenvalue weighted by atomic mass is 10.3. The van der Waals surface area contributed by atoms with Crippen molar-refractivity contribution in [2.45, 2.75) is 6.10 Å². The highest BCUT2D eigenvalue weighted by Crippen LogP contribution is 1.98. The summed E-state index contributed by atoms with van der Waals surface area (Å²) in [6.07, 6.45) is -0.993. The summed E-state index contributed by atoms with van der Waals surface area (Å²) in [4.78, 5) is 21.8. The summed E-state index contributed by atoms with van der Waals surface area (Å²) >= 11 is 1.43. The number of rotatable bonds is 9. The van der Waals surface area contributed by atoms with Gasteiger partial charge >= 0.3 is 5.97 Å². The van der Waals surface area contributed by atoms with Crippen LogP contribution in [0.25, 0.3) is 0 Å². The van der Waals surface area contributed by atoms with E-state index in [1.807, 2.05) is 0 Å². The van der Waals surface area contributed by atoms with Gasteiger partial charge in [-0.25, -0.2) is 4.79 Å². The van der Waals surface area contributed by atoms with Gasteiger partial charge in [0, 0.05) is 20.0 Å². The number of aliphatic carboxylic acids is 1. The Morgan fingerprint density at radius 3 is 2.62 bits per heavy atom. The molecule has 7 heteroatoms. The summed E-state index contributed by atoms with van der Waals surface area (Å²) in [5, 5.41) is 11.1. The van der Waals surface area contributed by atoms with E-state index in [0.717, 1.165) is 5.75 Å². The van der Waals surface area contributed by atoms with Crippen molar-refractivity contribution in [2.75, 3.05) is 38.9 Å². The molecule has 1 unspecified atom stereocenters. The van der Waals surface area contributed by atoms with Gasteiger partial charge in [0.05, 0.1) is 18.9 Å². The first-order valence-corrected chi connectivity index (χ1v) is 5.86. The Morgan fingerprint density at radius 2 is 2.12 bits per heavy atom. The van der Waals surface area contributed by atoms with E-state index in [9.17, 15) is 9.59 Å². The van der Waals surface area contributed by atoms with E-state index in [0.29, 0.717) is 12.4 Å². The Balaban J connectivity index is 3.59. The zero-order valence-corrected chi connectivity index (χ0v) is 10.2. The van der Waals surface area contributed by atoms with Crippen molar-refractivity contribution in [3.8, 4) is 0 Å². The molecule has 0 saturated carbocycles. The first kappa shape index (κ1) is 15.2. The number of carboxylic acid groups (broad SMARTS) is 1. The van der Waals surface area contributed by atoms with Crippen LogP contribution < -0.4 is 5.32 Å². The Kier molecular flexibility index (Phi) is 8.97. The van der Waals surface area contributed by atoms with Gasteiger partial charge in [-0.15, -0.1) is 11.8 Å². The molecular formula is C9H17NO5S. The van der Waals surface area contributed by atoms with Crippen LogP contribution in [0.5, 0.6) is 0 Å². The Labute approximate surface area is 98.7 Å². The lowest BCUT2D eigenvalue weighted by molar-refractivity contribution is -0.148. The molecule has 0 rings (SSSR count). The predicted octanol–water partition coefficient (Wildman–Crippen LogP) is -0.418. The minimum absolute atomic E-state index is 0.0183. The van der Waals surface area contributed by atoms with E-state index in [4.69, 9.17) is 9.84 Å². The van der Waals surface area contributed by atoms with E-state index in [2.05, 4.69) is 10.1 Å². The molecule has 1 atom stereocenters. The van der Waals surface area contributed by atoms with E-state index < -0.39 is 12.1 Å². The lowest BCUT2D eigenvalue weighted by Gasteiger charge is -2.11. The van der Waals surface area contributed by atoms with E-state index >= 15 is 0 Å². The second-order valence-electron chi connectivity index (χ2n) is 2.91. The molecule has 6 nitrogen and oxygen atoms in total. The number of ether oxygens (including phenoxy) is 2. The Morgan fingerprint density at radius 1 is 1.44 bits per heavy atom. The third-order valence-electron chi connectivity index (χ3n) is 1.71. The van der Waals surface area contributed by atoms with Gasteiger partial charge in [-0.1, -0.05) is 0 Å². The predicted molar refractivity (Wildman–Crippen MR) is 60.6 cm³/mol. The number of thioether (sulfide) groups is 1. The third-order valence-corrected chi connectivity index (χ3v) is 2.63. The number of methoxy groups -OCH3 is 2. The number of hydrogen-bond donors (Lipinski definition) is 2. The normalized spacial score (nSPS) is 12.1. The fourth-order valence-electron chi connectivity index (χ4n) is 0.836. The SMILES string of the molecule is COCCSCC(=O)NCC(OC)C(=O)O. The highest BCUT2D eigenvalue weighted by molar-refractivity contribution is 7.99. The number of carboxylic acids is 1. The van der Waals surface area contributed by atoms with Crippen LogP contribution in [0.2, 0.25) is 0 Å². The molecule has 0 aromatic carbocycles. The highest BCUT2D eigenvalue weighted by Gasteiger charge is 2.16. The maximum atomic E-state index is 11.2. The molecule has 0 radical (unpaired) electrons. The van der Waals surface area contributed by atoms with Gasteiger partial charge in [0.2, 0.25) is 5.91 Å². The van der Waals surface area contributed by atoms with Gasteiger partial charge < -0.3 is 19.9 Å². The Bertz CT molecular complexity index is 224. The lowest BCUT2D eigenvalue weighted by Crippen LogP contribution is -2.38. The summed E-state index contributed by atoms with van der Waals surface area (Å²) in [6.45, 7) is 0.573. The summed E-state index contributed by atoms with van der Waals surface area (Å²) in [6, 6.07) is 0. The molecule has 94 valence electrons. The average molecular weight is 251 g/mol. The fraction of sp³-hybridized carbons (Fsp3) is 0.778. The fourth-order valence-corrected chi connectivity index (χ4v) is 1.55. The molecule has 0 aliphatic carbocycles. The highest BCUT2D eigenvalue weighted by atomic mass is 32.2. The largest absolute Gasteiger partial charge is 0.479 e. The standard InChI is InChI=1S/C9H17NO5S/c1-14-3-4-16-6-8(11)10-5-7(15-2)9(12)13/h7H,3-6H2,1-2H3,(H,10,11)(H,12,13). The van der Waals surface area contributed by atoms with Crippen molar-refractivity contribution >= 4 is 23.6 Å². The summed E-state index contributed by atoms with van der Waals surface area (Å²) < 4.78 is 9.48. The van der Waals surface area contributed by atoms with Crippen LogP contribution >= 0.6 is 11.8 Å². The molecule has 0 fully saturated rings. The van der Waals surface area contributed by atoms with Crippen LogP contribution in [0.1, 0.15) is 0 Å². The molecule has 0 aliphatic rings. The van der Waals surface area contributed by atoms with Crippen LogP contribution in [0.15, 0.2) is 0 Å². The van der Waals surface area contributed by atoms with Crippen LogP contribution in [-0.2, 0) is 19.1 Å². The van der Waals surface area contributed by atoms with Crippen molar-refractivity contribution in [2.24, 2.45) is 0 Å². The maximum absolute atomic E-state index is 11.2. The van der Waals surface area contributed by atoms with Crippen molar-refractivity contribution < 1.29 is 24.2 Å². The van der Waals surface area contributed by atoms with Crippen molar-refractivity contribution in [1.29, 1.82) is 0 Å². The Hall–Kier alpha value is -0.790. The second kappa shape index (κ2) is 9.44. The zero-order valence-electron chi connectivity index (χ0n) is 9.39. The van der Waals surface area contributed by atoms with Crippen molar-refractivity contribution in [3.05, 3.63) is 0 Å². The number of amides is 1. The van der Waals surface area contributed by atoms with Gasteiger partial charge in [-0.05, 0) is 0 Å². The van der Waals surface area contributed by atoms with Gasteiger partial charge in [0.1, 0.15) is 0 Å². The van der Waals surface area contributed by atoms with Crippen LogP contribution in [0.4, 0.5) is 0 Å². The van der Waals surface area contributed by atoms with Gasteiger partial charge in [0.25, 0.3) is 0 Å². The number of nitrogens with one attached hydrogen (secondary N) is 1. The smallest absolute Gasteiger partial charge is 0.334 e. The van der Waals surface area contributed by atoms with Gasteiger partial charge in [-0.3, -0.25) is 4.79 Å². The van der Waals surface area contributed by atoms with E-state index in [1.54, 1.807) is 7.11 Å². The van der Waals surface area contributed by atoms with Crippen LogP contribution in [0.3, 0.4) is 0 Å². The molecule has 16 heavy (non-hydrogen) atoms. The average Bonchev–Trinajstić information content (AvgIpc) is 2.25. The van der Waals surface area contributed by atoms with E-state index in [1.165, 1.54) is 18.9 Å². The van der Waals surface area contributed by atoms with Gasteiger partial charge in [0.15, 0.2) is 6.10 Å². The summed E-state index contributed by atoms with van der Waals surface area (Å²) in [5.41, 5.74) is 0. The number of hydrogen-bond acceptors (Lipinski definition) is 5. The maximum Gasteiger partial charge on any atom is 0.334 e. The zero-order chi connectivity index (χ0) is 12.4. The molecule has 0 bridgehead atoms. The van der Waals surface area contributed by atoms with Crippen LogP contribution in [0, 0.1) is 0 Å². The number of carbonyl (C=O) groups is 2. The quantitative estimate of drug-likeness (QED) is 0.541. The third kappa shape index (κ3) is 7.49. The summed E-state index contributed by atoms with van der Waals surface area (Å²) in [5.74, 6) is -0.269. The minimum atomic E-state index is -1.09. The molecular weight excluding hydrogens is 234 g/mol. The first-order valence-electron chi connectivity index (χ1n) is 4.70. The van der Waals surface area contributed by atoms with Gasteiger partial charge in [-0.2, -0.15) is 0 Å². The molecule has 0 aromatic rings. The second-order valence-corrected chi connectivity index (χ2v) is 4.02. The molecule has 1 amide bonds. The topological polar surface area (TPSA) is 84.9 Å². The molecule has 0 aromatic heterocycles.